The van der Waals surface area contributed by atoms with E-state index >= 15 is 0 Å². The average molecular weight is 463 g/mol. The third-order valence-corrected chi connectivity index (χ3v) is 7.56. The SMILES string of the molecule is CSc1nc(C)c(CCC(=O)N2CCC(c3nc4cc(Cl)ccc4s3)CC2)c(=O)[nH]1. The fraction of sp³-hybridized carbons (Fsp3) is 0.429. The van der Waals surface area contributed by atoms with Crippen LogP contribution in [0.3, 0.4) is 0 Å². The molecule has 9 heteroatoms. The second kappa shape index (κ2) is 9.08. The summed E-state index contributed by atoms with van der Waals surface area (Å²) in [5.41, 5.74) is 2.10. The first-order valence-electron chi connectivity index (χ1n) is 9.92. The molecule has 0 saturated carbocycles. The Morgan fingerprint density at radius 2 is 2.10 bits per heavy atom. The van der Waals surface area contributed by atoms with Crippen LogP contribution in [-0.2, 0) is 11.2 Å². The number of carbonyl (C=O) groups is 1. The fourth-order valence-electron chi connectivity index (χ4n) is 3.83. The number of aromatic amines is 1. The molecule has 1 aliphatic heterocycles. The topological polar surface area (TPSA) is 79.0 Å². The fourth-order valence-corrected chi connectivity index (χ4v) is 5.54. The second-order valence-electron chi connectivity index (χ2n) is 7.46. The van der Waals surface area contributed by atoms with Gasteiger partial charge in [-0.05, 0) is 50.6 Å². The van der Waals surface area contributed by atoms with Crippen LogP contribution in [-0.4, -0.2) is 45.1 Å². The highest BCUT2D eigenvalue weighted by atomic mass is 35.5. The summed E-state index contributed by atoms with van der Waals surface area (Å²) in [6, 6.07) is 5.81. The van der Waals surface area contributed by atoms with E-state index in [9.17, 15) is 9.59 Å². The van der Waals surface area contributed by atoms with Gasteiger partial charge in [0.15, 0.2) is 5.16 Å². The number of amides is 1. The first-order chi connectivity index (χ1) is 14.4. The van der Waals surface area contributed by atoms with Crippen molar-refractivity contribution >= 4 is 50.8 Å². The van der Waals surface area contributed by atoms with Gasteiger partial charge in [-0.25, -0.2) is 9.97 Å². The van der Waals surface area contributed by atoms with Crippen LogP contribution in [0.4, 0.5) is 0 Å². The minimum atomic E-state index is -0.144. The van der Waals surface area contributed by atoms with E-state index in [-0.39, 0.29) is 11.5 Å². The van der Waals surface area contributed by atoms with E-state index in [1.807, 2.05) is 36.3 Å². The average Bonchev–Trinajstić information content (AvgIpc) is 3.16. The molecule has 0 atom stereocenters. The number of aryl methyl sites for hydroxylation is 1. The molecule has 0 bridgehead atoms. The van der Waals surface area contributed by atoms with Gasteiger partial charge < -0.3 is 9.88 Å². The maximum absolute atomic E-state index is 12.7. The smallest absolute Gasteiger partial charge is 0.254 e. The van der Waals surface area contributed by atoms with Crippen molar-refractivity contribution < 1.29 is 4.79 Å². The van der Waals surface area contributed by atoms with Crippen LogP contribution in [0.25, 0.3) is 10.2 Å². The summed E-state index contributed by atoms with van der Waals surface area (Å²) < 4.78 is 1.15. The molecule has 3 aromatic rings. The van der Waals surface area contributed by atoms with Crippen molar-refractivity contribution in [3.63, 3.8) is 0 Å². The predicted octanol–water partition coefficient (Wildman–Crippen LogP) is 4.40. The molecule has 30 heavy (non-hydrogen) atoms. The number of halogens is 1. The van der Waals surface area contributed by atoms with E-state index in [2.05, 4.69) is 9.97 Å². The molecule has 1 fully saturated rings. The van der Waals surface area contributed by atoms with Crippen LogP contribution in [0.2, 0.25) is 5.02 Å². The maximum atomic E-state index is 12.7. The molecule has 3 heterocycles. The van der Waals surface area contributed by atoms with Crippen LogP contribution >= 0.6 is 34.7 Å². The van der Waals surface area contributed by atoms with Crippen molar-refractivity contribution in [2.24, 2.45) is 0 Å². The number of hydrogen-bond acceptors (Lipinski definition) is 6. The minimum absolute atomic E-state index is 0.0947. The third-order valence-electron chi connectivity index (χ3n) is 5.55. The number of H-pyrrole nitrogens is 1. The van der Waals surface area contributed by atoms with Crippen LogP contribution in [0.5, 0.6) is 0 Å². The molecule has 2 aromatic heterocycles. The van der Waals surface area contributed by atoms with E-state index in [0.717, 1.165) is 41.2 Å². The number of thioether (sulfide) groups is 1. The normalized spacial score (nSPS) is 15.1. The van der Waals surface area contributed by atoms with Crippen molar-refractivity contribution in [1.29, 1.82) is 0 Å². The zero-order valence-corrected chi connectivity index (χ0v) is 19.3. The summed E-state index contributed by atoms with van der Waals surface area (Å²) in [7, 11) is 0. The van der Waals surface area contributed by atoms with E-state index in [0.29, 0.717) is 40.2 Å². The van der Waals surface area contributed by atoms with E-state index in [4.69, 9.17) is 16.6 Å². The lowest BCUT2D eigenvalue weighted by atomic mass is 9.97. The Hall–Kier alpha value is -1.90. The number of likely N-dealkylation sites (tertiary alicyclic amines) is 1. The van der Waals surface area contributed by atoms with Crippen LogP contribution in [0.1, 0.15) is 41.4 Å². The number of carbonyl (C=O) groups excluding carboxylic acids is 1. The quantitative estimate of drug-likeness (QED) is 0.449. The number of fused-ring (bicyclic) bond motifs is 1. The largest absolute Gasteiger partial charge is 0.343 e. The lowest BCUT2D eigenvalue weighted by Gasteiger charge is -2.31. The number of nitrogens with one attached hydrogen (secondary N) is 1. The monoisotopic (exact) mass is 462 g/mol. The van der Waals surface area contributed by atoms with Gasteiger partial charge in [-0.1, -0.05) is 23.4 Å². The highest BCUT2D eigenvalue weighted by molar-refractivity contribution is 7.98. The van der Waals surface area contributed by atoms with Crippen LogP contribution in [0.15, 0.2) is 28.2 Å². The number of thiazole rings is 1. The molecule has 158 valence electrons. The lowest BCUT2D eigenvalue weighted by Crippen LogP contribution is -2.38. The van der Waals surface area contributed by atoms with Gasteiger partial charge in [0.1, 0.15) is 0 Å². The highest BCUT2D eigenvalue weighted by Gasteiger charge is 2.26. The Labute approximate surface area is 188 Å². The van der Waals surface area contributed by atoms with Gasteiger partial charge in [0, 0.05) is 41.7 Å². The zero-order chi connectivity index (χ0) is 21.3. The van der Waals surface area contributed by atoms with Crippen molar-refractivity contribution in [1.82, 2.24) is 19.9 Å². The summed E-state index contributed by atoms with van der Waals surface area (Å²) in [4.78, 5) is 38.8. The number of benzene rings is 1. The standard InChI is InChI=1S/C21H23ClN4O2S2/c1-12-15(19(28)25-21(23-12)29-2)4-6-18(27)26-9-7-13(8-10-26)20-24-16-11-14(22)3-5-17(16)30-20/h3,5,11,13H,4,6-10H2,1-2H3,(H,23,25,28). The minimum Gasteiger partial charge on any atom is -0.343 e. The zero-order valence-electron chi connectivity index (χ0n) is 16.9. The summed E-state index contributed by atoms with van der Waals surface area (Å²) in [6.45, 7) is 3.27. The predicted molar refractivity (Wildman–Crippen MR) is 123 cm³/mol. The number of aromatic nitrogens is 3. The summed E-state index contributed by atoms with van der Waals surface area (Å²) >= 11 is 9.19. The number of rotatable bonds is 5. The van der Waals surface area contributed by atoms with Gasteiger partial charge >= 0.3 is 0 Å². The Bertz CT molecular complexity index is 1140. The molecule has 6 nitrogen and oxygen atoms in total. The van der Waals surface area contributed by atoms with Crippen molar-refractivity contribution in [2.75, 3.05) is 19.3 Å². The van der Waals surface area contributed by atoms with E-state index in [1.165, 1.54) is 11.8 Å². The van der Waals surface area contributed by atoms with Gasteiger partial charge in [0.25, 0.3) is 5.56 Å². The Kier molecular flexibility index (Phi) is 6.46. The van der Waals surface area contributed by atoms with Gasteiger partial charge in [-0.2, -0.15) is 0 Å². The number of hydrogen-bond donors (Lipinski definition) is 1. The summed E-state index contributed by atoms with van der Waals surface area (Å²) in [6.07, 6.45) is 4.43. The molecule has 1 amide bonds. The van der Waals surface area contributed by atoms with E-state index in [1.54, 1.807) is 11.3 Å². The molecule has 0 spiro atoms. The first kappa shape index (κ1) is 21.3. The van der Waals surface area contributed by atoms with Gasteiger partial charge in [0.05, 0.1) is 15.2 Å². The highest BCUT2D eigenvalue weighted by Crippen LogP contribution is 2.34. The third kappa shape index (κ3) is 4.55. The van der Waals surface area contributed by atoms with Gasteiger partial charge in [-0.3, -0.25) is 9.59 Å². The van der Waals surface area contributed by atoms with Crippen molar-refractivity contribution in [2.45, 2.75) is 43.7 Å². The maximum Gasteiger partial charge on any atom is 0.254 e. The van der Waals surface area contributed by atoms with Crippen molar-refractivity contribution in [3.05, 3.63) is 49.8 Å². The molecule has 0 unspecified atom stereocenters. The molecule has 1 N–H and O–H groups in total. The van der Waals surface area contributed by atoms with Crippen LogP contribution < -0.4 is 5.56 Å². The first-order valence-corrected chi connectivity index (χ1v) is 12.3. The number of piperidine rings is 1. The molecule has 4 rings (SSSR count). The molecule has 0 radical (unpaired) electrons. The van der Waals surface area contributed by atoms with E-state index < -0.39 is 0 Å². The lowest BCUT2D eigenvalue weighted by molar-refractivity contribution is -0.132. The summed E-state index contributed by atoms with van der Waals surface area (Å²) in [5, 5.41) is 2.43. The Morgan fingerprint density at radius 3 is 2.80 bits per heavy atom. The molecular weight excluding hydrogens is 440 g/mol. The Balaban J connectivity index is 1.34. The van der Waals surface area contributed by atoms with Gasteiger partial charge in [-0.15, -0.1) is 11.3 Å². The molecule has 0 aliphatic carbocycles. The second-order valence-corrected chi connectivity index (χ2v) is 9.75. The van der Waals surface area contributed by atoms with Gasteiger partial charge in [0.2, 0.25) is 5.91 Å². The van der Waals surface area contributed by atoms with Crippen molar-refractivity contribution in [3.8, 4) is 0 Å². The molecule has 1 aliphatic rings. The molecular formula is C21H23ClN4O2S2. The molecule has 1 saturated heterocycles. The molecule has 1 aromatic carbocycles. The summed E-state index contributed by atoms with van der Waals surface area (Å²) in [5.74, 6) is 0.468. The number of nitrogens with zero attached hydrogens (tertiary/aromatic N) is 3. The van der Waals surface area contributed by atoms with Crippen LogP contribution in [0, 0.1) is 6.92 Å². The Morgan fingerprint density at radius 1 is 1.33 bits per heavy atom.